The molecule has 0 aromatic carbocycles. The molecule has 3 heterocycles. The predicted octanol–water partition coefficient (Wildman–Crippen LogP) is 2.42. The molecule has 0 saturated carbocycles. The molecule has 3 unspecified atom stereocenters. The van der Waals surface area contributed by atoms with Crippen LogP contribution in [0, 0.1) is 5.92 Å². The number of rotatable bonds is 3. The Kier molecular flexibility index (Phi) is 3.69. The molecule has 2 aliphatic rings. The molecular formula is C15H24N2OS. The number of nitrogens with zero attached hydrogens (tertiary/aromatic N) is 1. The van der Waals surface area contributed by atoms with Crippen LogP contribution in [-0.4, -0.2) is 36.7 Å². The average molecular weight is 280 g/mol. The Labute approximate surface area is 119 Å². The molecule has 3 atom stereocenters. The van der Waals surface area contributed by atoms with E-state index in [0.717, 1.165) is 26.2 Å². The summed E-state index contributed by atoms with van der Waals surface area (Å²) in [6.07, 6.45) is 2.31. The zero-order valence-electron chi connectivity index (χ0n) is 11.9. The minimum Gasteiger partial charge on any atom is -0.381 e. The summed E-state index contributed by atoms with van der Waals surface area (Å²) in [5, 5.41) is 2.23. The van der Waals surface area contributed by atoms with Gasteiger partial charge in [-0.2, -0.15) is 0 Å². The van der Waals surface area contributed by atoms with Crippen molar-refractivity contribution in [3.05, 3.63) is 21.9 Å². The molecular weight excluding hydrogens is 256 g/mol. The Hall–Kier alpha value is -0.420. The highest BCUT2D eigenvalue weighted by molar-refractivity contribution is 7.10. The normalized spacial score (nSPS) is 31.1. The first-order chi connectivity index (χ1) is 9.16. The zero-order valence-corrected chi connectivity index (χ0v) is 12.7. The van der Waals surface area contributed by atoms with Gasteiger partial charge in [-0.3, -0.25) is 4.90 Å². The molecule has 2 aliphatic heterocycles. The maximum atomic E-state index is 6.18. The maximum absolute atomic E-state index is 6.18. The second-order valence-corrected chi connectivity index (χ2v) is 7.04. The molecule has 1 fully saturated rings. The minimum absolute atomic E-state index is 0.0650. The van der Waals surface area contributed by atoms with Gasteiger partial charge in [0, 0.05) is 42.1 Å². The van der Waals surface area contributed by atoms with Crippen molar-refractivity contribution in [2.45, 2.75) is 38.3 Å². The van der Waals surface area contributed by atoms with Crippen molar-refractivity contribution >= 4 is 11.3 Å². The van der Waals surface area contributed by atoms with Gasteiger partial charge in [-0.15, -0.1) is 11.3 Å². The van der Waals surface area contributed by atoms with Crippen LogP contribution in [0.15, 0.2) is 11.4 Å². The summed E-state index contributed by atoms with van der Waals surface area (Å²) < 4.78 is 5.61. The van der Waals surface area contributed by atoms with Gasteiger partial charge < -0.3 is 10.5 Å². The Balaban J connectivity index is 1.88. The summed E-state index contributed by atoms with van der Waals surface area (Å²) >= 11 is 1.90. The lowest BCUT2D eigenvalue weighted by Crippen LogP contribution is -2.59. The van der Waals surface area contributed by atoms with E-state index in [0.29, 0.717) is 18.5 Å². The second kappa shape index (κ2) is 5.17. The van der Waals surface area contributed by atoms with E-state index >= 15 is 0 Å². The monoisotopic (exact) mass is 280 g/mol. The molecule has 19 heavy (non-hydrogen) atoms. The van der Waals surface area contributed by atoms with Crippen molar-refractivity contribution in [2.24, 2.45) is 11.7 Å². The van der Waals surface area contributed by atoms with E-state index in [4.69, 9.17) is 10.5 Å². The number of nitrogens with two attached hydrogens (primary N) is 1. The number of thiophene rings is 1. The van der Waals surface area contributed by atoms with Gasteiger partial charge in [-0.05, 0) is 43.7 Å². The van der Waals surface area contributed by atoms with Crippen molar-refractivity contribution in [1.29, 1.82) is 0 Å². The molecule has 0 aliphatic carbocycles. The van der Waals surface area contributed by atoms with Crippen LogP contribution in [0.3, 0.4) is 0 Å². The molecule has 0 amide bonds. The van der Waals surface area contributed by atoms with Gasteiger partial charge in [-0.1, -0.05) is 0 Å². The minimum atomic E-state index is 0.0650. The number of hydrogen-bond acceptors (Lipinski definition) is 4. The summed E-state index contributed by atoms with van der Waals surface area (Å²) in [6, 6.07) is 2.77. The summed E-state index contributed by atoms with van der Waals surface area (Å²) in [5.41, 5.74) is 7.75. The molecule has 106 valence electrons. The Morgan fingerprint density at radius 3 is 3.11 bits per heavy atom. The zero-order chi connectivity index (χ0) is 13.5. The predicted molar refractivity (Wildman–Crippen MR) is 79.5 cm³/mol. The summed E-state index contributed by atoms with van der Waals surface area (Å²) in [4.78, 5) is 4.19. The number of ether oxygens (including phenoxy) is 1. The molecule has 1 saturated heterocycles. The van der Waals surface area contributed by atoms with Crippen LogP contribution in [0.2, 0.25) is 0 Å². The van der Waals surface area contributed by atoms with Crippen LogP contribution < -0.4 is 5.73 Å². The van der Waals surface area contributed by atoms with Gasteiger partial charge in [0.1, 0.15) is 0 Å². The highest BCUT2D eigenvalue weighted by atomic mass is 32.1. The van der Waals surface area contributed by atoms with Crippen molar-refractivity contribution in [2.75, 3.05) is 26.3 Å². The largest absolute Gasteiger partial charge is 0.381 e. The Morgan fingerprint density at radius 1 is 1.58 bits per heavy atom. The molecule has 0 radical (unpaired) electrons. The average Bonchev–Trinajstić information content (AvgIpc) is 3.09. The third-order valence-corrected chi connectivity index (χ3v) is 6.15. The molecule has 1 aromatic heterocycles. The third-order valence-electron chi connectivity index (χ3n) is 5.16. The number of fused-ring (bicyclic) bond motifs is 1. The van der Waals surface area contributed by atoms with Crippen LogP contribution in [0.25, 0.3) is 0 Å². The molecule has 3 nitrogen and oxygen atoms in total. The Morgan fingerprint density at radius 2 is 2.42 bits per heavy atom. The first-order valence-electron chi connectivity index (χ1n) is 7.27. The molecule has 4 heteroatoms. The quantitative estimate of drug-likeness (QED) is 0.924. The van der Waals surface area contributed by atoms with E-state index in [9.17, 15) is 0 Å². The van der Waals surface area contributed by atoms with Crippen LogP contribution in [-0.2, 0) is 11.2 Å². The molecule has 0 spiro atoms. The fourth-order valence-electron chi connectivity index (χ4n) is 3.75. The second-order valence-electron chi connectivity index (χ2n) is 6.04. The van der Waals surface area contributed by atoms with E-state index < -0.39 is 0 Å². The van der Waals surface area contributed by atoms with Gasteiger partial charge in [0.05, 0.1) is 6.61 Å². The van der Waals surface area contributed by atoms with Crippen LogP contribution in [0.5, 0.6) is 0 Å². The molecule has 1 aromatic rings. The SMILES string of the molecule is CC1c2ccsc2CCN1C(C)(CN)C1CCOC1. The lowest BCUT2D eigenvalue weighted by Gasteiger charge is -2.49. The molecule has 0 bridgehead atoms. The van der Waals surface area contributed by atoms with Gasteiger partial charge in [-0.25, -0.2) is 0 Å². The van der Waals surface area contributed by atoms with Crippen molar-refractivity contribution < 1.29 is 4.74 Å². The van der Waals surface area contributed by atoms with E-state index in [1.165, 1.54) is 12.0 Å². The first kappa shape index (κ1) is 13.6. The van der Waals surface area contributed by atoms with Gasteiger partial charge in [0.15, 0.2) is 0 Å². The topological polar surface area (TPSA) is 38.5 Å². The standard InChI is InChI=1S/C15H24N2OS/c1-11-13-5-8-19-14(13)3-6-17(11)15(2,10-16)12-4-7-18-9-12/h5,8,11-12H,3-4,6-7,9-10,16H2,1-2H3. The van der Waals surface area contributed by atoms with Crippen molar-refractivity contribution in [3.63, 3.8) is 0 Å². The fourth-order valence-corrected chi connectivity index (χ4v) is 4.71. The smallest absolute Gasteiger partial charge is 0.0513 e. The first-order valence-corrected chi connectivity index (χ1v) is 8.15. The van der Waals surface area contributed by atoms with E-state index in [1.807, 2.05) is 11.3 Å². The van der Waals surface area contributed by atoms with E-state index in [-0.39, 0.29) is 5.54 Å². The fraction of sp³-hybridized carbons (Fsp3) is 0.733. The summed E-state index contributed by atoms with van der Waals surface area (Å²) in [5.74, 6) is 0.570. The van der Waals surface area contributed by atoms with E-state index in [2.05, 4.69) is 30.2 Å². The lowest BCUT2D eigenvalue weighted by atomic mass is 9.80. The maximum Gasteiger partial charge on any atom is 0.0513 e. The van der Waals surface area contributed by atoms with Crippen molar-refractivity contribution in [1.82, 2.24) is 4.90 Å². The van der Waals surface area contributed by atoms with Gasteiger partial charge in [0.2, 0.25) is 0 Å². The van der Waals surface area contributed by atoms with Gasteiger partial charge >= 0.3 is 0 Å². The summed E-state index contributed by atoms with van der Waals surface area (Å²) in [7, 11) is 0. The lowest BCUT2D eigenvalue weighted by molar-refractivity contribution is 0.0105. The number of hydrogen-bond donors (Lipinski definition) is 1. The Bertz CT molecular complexity index is 441. The van der Waals surface area contributed by atoms with E-state index in [1.54, 1.807) is 4.88 Å². The van der Waals surface area contributed by atoms with Crippen LogP contribution >= 0.6 is 11.3 Å². The third kappa shape index (κ3) is 2.15. The van der Waals surface area contributed by atoms with Crippen LogP contribution in [0.4, 0.5) is 0 Å². The summed E-state index contributed by atoms with van der Waals surface area (Å²) in [6.45, 7) is 8.26. The molecule has 2 N–H and O–H groups in total. The highest BCUT2D eigenvalue weighted by Gasteiger charge is 2.44. The van der Waals surface area contributed by atoms with Crippen molar-refractivity contribution in [3.8, 4) is 0 Å². The molecule has 3 rings (SSSR count). The van der Waals surface area contributed by atoms with Gasteiger partial charge in [0.25, 0.3) is 0 Å². The highest BCUT2D eigenvalue weighted by Crippen LogP contribution is 2.41. The van der Waals surface area contributed by atoms with Crippen LogP contribution in [0.1, 0.15) is 36.8 Å².